The van der Waals surface area contributed by atoms with E-state index in [1.165, 1.54) is 6.92 Å². The molecule has 1 aromatic carbocycles. The molecule has 0 heterocycles. The Morgan fingerprint density at radius 3 is 2.59 bits per heavy atom. The van der Waals surface area contributed by atoms with Gasteiger partial charge in [-0.05, 0) is 26.0 Å². The summed E-state index contributed by atoms with van der Waals surface area (Å²) < 4.78 is 47.8. The first-order valence-corrected chi connectivity index (χ1v) is 13.0. The fraction of sp³-hybridized carbons (Fsp3) is 0.529. The minimum absolute atomic E-state index is 0.0976. The Morgan fingerprint density at radius 2 is 1.96 bits per heavy atom. The van der Waals surface area contributed by atoms with Crippen molar-refractivity contribution in [3.63, 3.8) is 0 Å². The molecule has 0 saturated heterocycles. The molecule has 1 rings (SSSR count). The van der Waals surface area contributed by atoms with Crippen LogP contribution in [0.2, 0.25) is 0 Å². The summed E-state index contributed by atoms with van der Waals surface area (Å²) in [7, 11) is -5.11. The highest BCUT2D eigenvalue weighted by Crippen LogP contribution is 2.45. The lowest BCUT2D eigenvalue weighted by Gasteiger charge is -2.27. The lowest BCUT2D eigenvalue weighted by Crippen LogP contribution is -2.30. The van der Waals surface area contributed by atoms with Crippen LogP contribution in [-0.2, 0) is 23.4 Å². The highest BCUT2D eigenvalue weighted by molar-refractivity contribution is 9.09. The molecule has 0 spiro atoms. The van der Waals surface area contributed by atoms with Crippen molar-refractivity contribution in [2.45, 2.75) is 13.3 Å². The first-order chi connectivity index (χ1) is 12.8. The molecule has 0 amide bonds. The number of nitrogens with zero attached hydrogens (tertiary/aromatic N) is 1. The Morgan fingerprint density at radius 1 is 1.26 bits per heavy atom. The number of nitrogens with one attached hydrogen (secondary N) is 1. The molecule has 10 heteroatoms. The van der Waals surface area contributed by atoms with Gasteiger partial charge in [-0.25, -0.2) is 9.76 Å². The third kappa shape index (κ3) is 9.99. The predicted octanol–water partition coefficient (Wildman–Crippen LogP) is 3.50. The zero-order valence-corrected chi connectivity index (χ0v) is 19.0. The molecule has 0 saturated carbocycles. The maximum Gasteiger partial charge on any atom is 0.343 e. The maximum absolute atomic E-state index is 13.1. The summed E-state index contributed by atoms with van der Waals surface area (Å²) in [6.45, 7) is 2.29. The molecule has 0 aliphatic rings. The van der Waals surface area contributed by atoms with Crippen molar-refractivity contribution in [2.75, 3.05) is 44.4 Å². The van der Waals surface area contributed by atoms with Crippen molar-refractivity contribution in [3.8, 4) is 0 Å². The van der Waals surface area contributed by atoms with Crippen molar-refractivity contribution in [1.29, 1.82) is 0 Å². The van der Waals surface area contributed by atoms with Crippen molar-refractivity contribution in [3.05, 3.63) is 42.0 Å². The van der Waals surface area contributed by atoms with Crippen LogP contribution < -0.4 is 5.09 Å². The molecule has 1 atom stereocenters. The quantitative estimate of drug-likeness (QED) is 0.188. The molecule has 0 aromatic heterocycles. The summed E-state index contributed by atoms with van der Waals surface area (Å²) in [6.07, 6.45) is 4.54. The average Bonchev–Trinajstić information content (AvgIpc) is 2.66. The van der Waals surface area contributed by atoms with Gasteiger partial charge in [-0.2, -0.15) is 8.42 Å². The maximum atomic E-state index is 13.1. The van der Waals surface area contributed by atoms with E-state index in [4.69, 9.17) is 8.71 Å². The van der Waals surface area contributed by atoms with Gasteiger partial charge in [0.25, 0.3) is 10.1 Å². The van der Waals surface area contributed by atoms with Gasteiger partial charge in [0.1, 0.15) is 0 Å². The van der Waals surface area contributed by atoms with E-state index in [1.807, 2.05) is 42.5 Å². The van der Waals surface area contributed by atoms with Gasteiger partial charge in [0, 0.05) is 18.4 Å². The summed E-state index contributed by atoms with van der Waals surface area (Å²) in [6, 6.07) is 9.88. The zero-order valence-electron chi connectivity index (χ0n) is 15.7. The fourth-order valence-electron chi connectivity index (χ4n) is 1.99. The zero-order chi connectivity index (χ0) is 20.2. The Balaban J connectivity index is 2.51. The molecule has 1 unspecified atom stereocenters. The number of rotatable bonds is 14. The van der Waals surface area contributed by atoms with Gasteiger partial charge in [0.15, 0.2) is 0 Å². The summed E-state index contributed by atoms with van der Waals surface area (Å²) in [5.41, 5.74) is 1.09. The van der Waals surface area contributed by atoms with E-state index in [0.717, 1.165) is 5.56 Å². The fourth-order valence-corrected chi connectivity index (χ4v) is 4.92. The van der Waals surface area contributed by atoms with Crippen molar-refractivity contribution >= 4 is 39.8 Å². The third-order valence-corrected chi connectivity index (χ3v) is 7.39. The first-order valence-electron chi connectivity index (χ1n) is 8.69. The number of hydrogen-bond donors (Lipinski definition) is 1. The molecular formula is C17H28BrN2O5PS. The van der Waals surface area contributed by atoms with Crippen LogP contribution in [0.1, 0.15) is 18.9 Å². The Labute approximate surface area is 170 Å². The van der Waals surface area contributed by atoms with E-state index in [1.54, 1.807) is 11.7 Å². The molecule has 0 fully saturated rings. The standard InChI is InChI=1S/C17H28BrN2O5PS/c1-3-27(22,23)25-16-13-19-26(21,20(2)14-12-18)24-15-8-7-11-17-9-5-4-6-10-17/h4-7,9-11H,3,8,12-16H2,1-2H3,(H,19,21). The molecule has 0 bridgehead atoms. The summed E-state index contributed by atoms with van der Waals surface area (Å²) in [5.74, 6) is -0.0988. The van der Waals surface area contributed by atoms with E-state index in [-0.39, 0.29) is 25.5 Å². The number of alkyl halides is 1. The summed E-state index contributed by atoms with van der Waals surface area (Å²) in [4.78, 5) is 0. The van der Waals surface area contributed by atoms with E-state index in [0.29, 0.717) is 18.3 Å². The highest BCUT2D eigenvalue weighted by Gasteiger charge is 2.28. The van der Waals surface area contributed by atoms with Crippen LogP contribution in [0.3, 0.4) is 0 Å². The van der Waals surface area contributed by atoms with Gasteiger partial charge >= 0.3 is 7.67 Å². The highest BCUT2D eigenvalue weighted by atomic mass is 79.9. The Hall–Kier alpha value is -0.540. The number of benzene rings is 1. The normalized spacial score (nSPS) is 14.7. The summed E-state index contributed by atoms with van der Waals surface area (Å²) in [5, 5.41) is 3.44. The van der Waals surface area contributed by atoms with Crippen LogP contribution in [0.25, 0.3) is 6.08 Å². The Bertz CT molecular complexity index is 715. The van der Waals surface area contributed by atoms with Crippen LogP contribution >= 0.6 is 23.6 Å². The lowest BCUT2D eigenvalue weighted by molar-refractivity contribution is 0.263. The van der Waals surface area contributed by atoms with Gasteiger partial charge in [-0.1, -0.05) is 58.4 Å². The minimum atomic E-state index is -3.52. The number of halogens is 1. The van der Waals surface area contributed by atoms with Crippen molar-refractivity contribution in [2.24, 2.45) is 0 Å². The van der Waals surface area contributed by atoms with Crippen LogP contribution in [0.4, 0.5) is 0 Å². The molecule has 7 nitrogen and oxygen atoms in total. The lowest BCUT2D eigenvalue weighted by atomic mass is 10.2. The van der Waals surface area contributed by atoms with Gasteiger partial charge in [-0.3, -0.25) is 8.75 Å². The van der Waals surface area contributed by atoms with E-state index < -0.39 is 17.8 Å². The molecule has 1 N–H and O–H groups in total. The minimum Gasteiger partial charge on any atom is -0.306 e. The second kappa shape index (κ2) is 12.8. The molecule has 154 valence electrons. The van der Waals surface area contributed by atoms with E-state index in [9.17, 15) is 13.0 Å². The number of hydrogen-bond acceptors (Lipinski definition) is 5. The van der Waals surface area contributed by atoms with Crippen molar-refractivity contribution < 1.29 is 21.7 Å². The monoisotopic (exact) mass is 482 g/mol. The van der Waals surface area contributed by atoms with Gasteiger partial charge in [0.2, 0.25) is 0 Å². The van der Waals surface area contributed by atoms with E-state index in [2.05, 4.69) is 21.0 Å². The third-order valence-electron chi connectivity index (χ3n) is 3.55. The predicted molar refractivity (Wildman–Crippen MR) is 113 cm³/mol. The molecule has 0 radical (unpaired) electrons. The summed E-state index contributed by atoms with van der Waals surface area (Å²) >= 11 is 3.32. The van der Waals surface area contributed by atoms with Gasteiger partial charge < -0.3 is 4.52 Å². The second-order valence-electron chi connectivity index (χ2n) is 5.60. The topological polar surface area (TPSA) is 84.9 Å². The first kappa shape index (κ1) is 24.5. The molecule has 27 heavy (non-hydrogen) atoms. The van der Waals surface area contributed by atoms with Crippen molar-refractivity contribution in [1.82, 2.24) is 9.76 Å². The molecule has 1 aromatic rings. The smallest absolute Gasteiger partial charge is 0.306 e. The molecule has 0 aliphatic heterocycles. The SMILES string of the molecule is CCS(=O)(=O)OCCNP(=O)(OCCC=Cc1ccccc1)N(C)CCBr. The van der Waals surface area contributed by atoms with Crippen LogP contribution in [-0.4, -0.2) is 57.5 Å². The van der Waals surface area contributed by atoms with Crippen LogP contribution in [0.5, 0.6) is 0 Å². The second-order valence-corrected chi connectivity index (χ2v) is 10.6. The average molecular weight is 483 g/mol. The molecular weight excluding hydrogens is 455 g/mol. The van der Waals surface area contributed by atoms with Gasteiger partial charge in [-0.15, -0.1) is 0 Å². The van der Waals surface area contributed by atoms with Crippen LogP contribution in [0.15, 0.2) is 36.4 Å². The van der Waals surface area contributed by atoms with Gasteiger partial charge in [0.05, 0.1) is 19.0 Å². The van der Waals surface area contributed by atoms with Crippen LogP contribution in [0, 0.1) is 0 Å². The molecule has 0 aliphatic carbocycles. The van der Waals surface area contributed by atoms with E-state index >= 15 is 0 Å². The largest absolute Gasteiger partial charge is 0.343 e. The Kier molecular flexibility index (Phi) is 11.6.